The normalized spacial score (nSPS) is 23.9. The fourth-order valence-corrected chi connectivity index (χ4v) is 3.55. The molecule has 2 aromatic rings. The van der Waals surface area contributed by atoms with Crippen LogP contribution in [0.15, 0.2) is 11.1 Å². The molecule has 0 spiro atoms. The molecule has 2 aromatic heterocycles. The van der Waals surface area contributed by atoms with E-state index in [9.17, 15) is 13.9 Å². The van der Waals surface area contributed by atoms with E-state index < -0.39 is 46.2 Å². The third-order valence-corrected chi connectivity index (χ3v) is 4.65. The van der Waals surface area contributed by atoms with E-state index in [0.717, 1.165) is 0 Å². The molecule has 0 saturated carbocycles. The molecular weight excluding hydrogens is 412 g/mol. The molecule has 0 aromatic carbocycles. The van der Waals surface area contributed by atoms with Crippen LogP contribution in [0.25, 0.3) is 11.2 Å². The Bertz CT molecular complexity index is 994. The molecule has 1 aliphatic heterocycles. The number of rotatable bonds is 6. The van der Waals surface area contributed by atoms with Crippen molar-refractivity contribution < 1.29 is 42.5 Å². The van der Waals surface area contributed by atoms with E-state index in [4.69, 9.17) is 30.0 Å². The van der Waals surface area contributed by atoms with E-state index in [0.29, 0.717) is 0 Å². The van der Waals surface area contributed by atoms with Crippen molar-refractivity contribution in [3.05, 3.63) is 16.7 Å². The summed E-state index contributed by atoms with van der Waals surface area (Å²) in [6.45, 7) is -0.700. The highest BCUT2D eigenvalue weighted by Gasteiger charge is 2.42. The van der Waals surface area contributed by atoms with E-state index in [1.165, 1.54) is 10.9 Å². The first-order chi connectivity index (χ1) is 12.4. The molecule has 17 heteroatoms. The highest BCUT2D eigenvalue weighted by atomic mass is 31.2. The minimum Gasteiger partial charge on any atom is -0.369 e. The molecule has 1 fully saturated rings. The topological polar surface area (TPSA) is 232 Å². The van der Waals surface area contributed by atoms with Gasteiger partial charge in [-0.25, -0.2) is 14.1 Å². The second-order valence-electron chi connectivity index (χ2n) is 5.56. The molecule has 0 aliphatic carbocycles. The average Bonchev–Trinajstić information content (AvgIpc) is 3.06. The zero-order valence-corrected chi connectivity index (χ0v) is 15.1. The minimum absolute atomic E-state index is 0.0461. The van der Waals surface area contributed by atoms with Crippen LogP contribution in [0.1, 0.15) is 12.6 Å². The van der Waals surface area contributed by atoms with Crippen molar-refractivity contribution in [2.75, 3.05) is 12.3 Å². The lowest BCUT2D eigenvalue weighted by molar-refractivity contribution is -0.0417. The Labute approximate surface area is 149 Å². The number of aromatic nitrogens is 4. The number of phosphoric acid groups is 2. The van der Waals surface area contributed by atoms with Gasteiger partial charge in [-0.3, -0.25) is 23.4 Å². The summed E-state index contributed by atoms with van der Waals surface area (Å²) in [6, 6.07) is 0. The predicted octanol–water partition coefficient (Wildman–Crippen LogP) is -1.42. The monoisotopic (exact) mass is 427 g/mol. The number of ether oxygens (including phenoxy) is 1. The minimum atomic E-state index is -4.93. The van der Waals surface area contributed by atoms with Gasteiger partial charge < -0.3 is 30.0 Å². The van der Waals surface area contributed by atoms with Crippen LogP contribution in [-0.2, 0) is 22.9 Å². The number of imidazole rings is 1. The van der Waals surface area contributed by atoms with E-state index in [2.05, 4.69) is 24.0 Å². The number of nitrogens with zero attached hydrogens (tertiary/aromatic N) is 3. The summed E-state index contributed by atoms with van der Waals surface area (Å²) in [5.74, 6) is -0.184. The first-order valence-corrected chi connectivity index (χ1v) is 10.3. The number of nitrogen functional groups attached to an aromatic ring is 1. The van der Waals surface area contributed by atoms with Crippen molar-refractivity contribution in [1.29, 1.82) is 0 Å². The van der Waals surface area contributed by atoms with Crippen LogP contribution in [0.3, 0.4) is 0 Å². The Morgan fingerprint density at radius 2 is 2.04 bits per heavy atom. The molecule has 1 unspecified atom stereocenters. The van der Waals surface area contributed by atoms with Gasteiger partial charge in [-0.15, -0.1) is 0 Å². The molecule has 15 nitrogen and oxygen atoms in total. The van der Waals surface area contributed by atoms with Gasteiger partial charge in [-0.2, -0.15) is 4.98 Å². The van der Waals surface area contributed by atoms with Crippen LogP contribution in [0, 0.1) is 0 Å². The third kappa shape index (κ3) is 4.79. The largest absolute Gasteiger partial charge is 0.469 e. The van der Waals surface area contributed by atoms with E-state index >= 15 is 0 Å². The molecule has 3 heterocycles. The first kappa shape index (κ1) is 20.1. The number of hydrogen-bond donors (Lipinski definition) is 6. The Morgan fingerprint density at radius 3 is 2.67 bits per heavy atom. The molecule has 0 amide bonds. The van der Waals surface area contributed by atoms with Crippen LogP contribution in [0.4, 0.5) is 5.95 Å². The van der Waals surface area contributed by atoms with E-state index in [-0.39, 0.29) is 23.5 Å². The summed E-state index contributed by atoms with van der Waals surface area (Å²) in [5.41, 5.74) is 4.91. The molecule has 0 radical (unpaired) electrons. The first-order valence-electron chi connectivity index (χ1n) is 7.25. The Balaban J connectivity index is 1.90. The Morgan fingerprint density at radius 1 is 1.33 bits per heavy atom. The molecule has 7 N–H and O–H groups in total. The molecule has 0 bridgehead atoms. The van der Waals surface area contributed by atoms with E-state index in [1.54, 1.807) is 0 Å². The van der Waals surface area contributed by atoms with Crippen molar-refractivity contribution in [3.8, 4) is 0 Å². The fraction of sp³-hybridized carbons (Fsp3) is 0.500. The predicted molar refractivity (Wildman–Crippen MR) is 86.0 cm³/mol. The molecular formula is C10H15N5O10P2. The van der Waals surface area contributed by atoms with Gasteiger partial charge in [-0.05, 0) is 0 Å². The lowest BCUT2D eigenvalue weighted by atomic mass is 10.2. The molecule has 1 aliphatic rings. The smallest absolute Gasteiger partial charge is 0.369 e. The summed E-state index contributed by atoms with van der Waals surface area (Å²) < 4.78 is 37.8. The van der Waals surface area contributed by atoms with Crippen LogP contribution in [0.5, 0.6) is 0 Å². The second-order valence-corrected chi connectivity index (χ2v) is 7.99. The Hall–Kier alpha value is -1.67. The van der Waals surface area contributed by atoms with Crippen molar-refractivity contribution in [2.24, 2.45) is 0 Å². The summed E-state index contributed by atoms with van der Waals surface area (Å²) in [4.78, 5) is 57.6. The van der Waals surface area contributed by atoms with Gasteiger partial charge in [-0.1, -0.05) is 0 Å². The van der Waals surface area contributed by atoms with Crippen molar-refractivity contribution in [2.45, 2.75) is 24.9 Å². The summed E-state index contributed by atoms with van der Waals surface area (Å²) in [6.07, 6.45) is -2.41. The van der Waals surface area contributed by atoms with Gasteiger partial charge in [0.1, 0.15) is 18.4 Å². The third-order valence-electron chi connectivity index (χ3n) is 3.62. The van der Waals surface area contributed by atoms with Crippen molar-refractivity contribution >= 4 is 32.8 Å². The average molecular weight is 427 g/mol. The molecule has 1 saturated heterocycles. The lowest BCUT2D eigenvalue weighted by Crippen LogP contribution is -2.28. The molecule has 27 heavy (non-hydrogen) atoms. The zero-order chi connectivity index (χ0) is 20.0. The van der Waals surface area contributed by atoms with Gasteiger partial charge in [0.2, 0.25) is 5.95 Å². The highest BCUT2D eigenvalue weighted by Crippen LogP contribution is 2.45. The number of hydrogen-bond acceptors (Lipinski definition) is 9. The van der Waals surface area contributed by atoms with Crippen LogP contribution < -0.4 is 11.3 Å². The molecule has 3 rings (SSSR count). The zero-order valence-electron chi connectivity index (χ0n) is 13.3. The van der Waals surface area contributed by atoms with Crippen molar-refractivity contribution in [1.82, 2.24) is 19.5 Å². The fourth-order valence-electron chi connectivity index (χ4n) is 2.63. The number of aromatic amines is 1. The SMILES string of the molecule is Nc1nc2c(ncn2[C@H]2CC(OP(=O)(O)O)[C@@H](COP(=O)(O)O)O2)c(=O)[nH]1. The molecule has 3 atom stereocenters. The van der Waals surface area contributed by atoms with Gasteiger partial charge in [0.15, 0.2) is 11.2 Å². The second kappa shape index (κ2) is 7.05. The maximum Gasteiger partial charge on any atom is 0.469 e. The number of H-pyrrole nitrogens is 1. The number of phosphoric ester groups is 2. The summed E-state index contributed by atoms with van der Waals surface area (Å²) in [5, 5.41) is 0. The lowest BCUT2D eigenvalue weighted by Gasteiger charge is -2.19. The quantitative estimate of drug-likeness (QED) is 0.291. The van der Waals surface area contributed by atoms with E-state index in [1.807, 2.05) is 0 Å². The number of nitrogens with two attached hydrogens (primary N) is 1. The number of anilines is 1. The standard InChI is InChI=1S/C10H15N5O10P2/c11-10-13-8-7(9(16)14-10)12-3-15(8)6-1-4(25-27(20,21)22)5(24-6)2-23-26(17,18)19/h3-6H,1-2H2,(H2,17,18,19)(H2,20,21,22)(H3,11,13,14,16)/t4?,5-,6-/m1/s1. The Kier molecular flexibility index (Phi) is 5.24. The maximum absolute atomic E-state index is 11.8. The van der Waals surface area contributed by atoms with Crippen LogP contribution >= 0.6 is 15.6 Å². The van der Waals surface area contributed by atoms with Gasteiger partial charge in [0.05, 0.1) is 12.9 Å². The molecule has 150 valence electrons. The van der Waals surface area contributed by atoms with Crippen LogP contribution in [0.2, 0.25) is 0 Å². The van der Waals surface area contributed by atoms with Crippen LogP contribution in [-0.4, -0.2) is 57.9 Å². The maximum atomic E-state index is 11.8. The summed E-state index contributed by atoms with van der Waals surface area (Å²) >= 11 is 0. The highest BCUT2D eigenvalue weighted by molar-refractivity contribution is 7.46. The summed E-state index contributed by atoms with van der Waals surface area (Å²) in [7, 11) is -9.78. The van der Waals surface area contributed by atoms with Gasteiger partial charge in [0.25, 0.3) is 5.56 Å². The van der Waals surface area contributed by atoms with Gasteiger partial charge in [0, 0.05) is 6.42 Å². The van der Waals surface area contributed by atoms with Gasteiger partial charge >= 0.3 is 15.6 Å². The van der Waals surface area contributed by atoms with Crippen molar-refractivity contribution in [3.63, 3.8) is 0 Å². The number of nitrogens with one attached hydrogen (secondary N) is 1. The number of fused-ring (bicyclic) bond motifs is 1.